The molecular formula is C15H22N4. The Morgan fingerprint density at radius 1 is 1.37 bits per heavy atom. The van der Waals surface area contributed by atoms with Gasteiger partial charge in [0.15, 0.2) is 0 Å². The summed E-state index contributed by atoms with van der Waals surface area (Å²) in [4.78, 5) is 9.25. The lowest BCUT2D eigenvalue weighted by Gasteiger charge is -2.38. The summed E-state index contributed by atoms with van der Waals surface area (Å²) in [6.45, 7) is 8.09. The van der Waals surface area contributed by atoms with Crippen LogP contribution < -0.4 is 10.2 Å². The summed E-state index contributed by atoms with van der Waals surface area (Å²) in [5.41, 5.74) is 0. The fraction of sp³-hybridized carbons (Fsp3) is 0.533. The van der Waals surface area contributed by atoms with Crippen LogP contribution in [0.25, 0.3) is 0 Å². The van der Waals surface area contributed by atoms with Crippen molar-refractivity contribution < 1.29 is 0 Å². The average molecular weight is 258 g/mol. The summed E-state index contributed by atoms with van der Waals surface area (Å²) < 4.78 is 0. The molecule has 0 radical (unpaired) electrons. The van der Waals surface area contributed by atoms with E-state index in [2.05, 4.69) is 39.0 Å². The Hall–Kier alpha value is -1.57. The van der Waals surface area contributed by atoms with Crippen molar-refractivity contribution >= 4 is 5.82 Å². The lowest BCUT2D eigenvalue weighted by atomic mass is 10.2. The number of nitrogens with one attached hydrogen (secondary N) is 1. The Labute approximate surface area is 115 Å². The van der Waals surface area contributed by atoms with Crippen molar-refractivity contribution in [2.75, 3.05) is 44.2 Å². The first kappa shape index (κ1) is 13.9. The van der Waals surface area contributed by atoms with Gasteiger partial charge in [0.25, 0.3) is 0 Å². The number of pyridine rings is 1. The summed E-state index contributed by atoms with van der Waals surface area (Å²) in [6.07, 6.45) is 7.09. The highest BCUT2D eigenvalue weighted by atomic mass is 15.3. The zero-order valence-electron chi connectivity index (χ0n) is 11.5. The molecule has 0 aliphatic carbocycles. The highest BCUT2D eigenvalue weighted by Gasteiger charge is 2.21. The molecule has 1 aliphatic rings. The number of aromatic nitrogens is 1. The molecule has 1 saturated heterocycles. The van der Waals surface area contributed by atoms with Crippen molar-refractivity contribution in [3.63, 3.8) is 0 Å². The molecule has 1 aliphatic heterocycles. The van der Waals surface area contributed by atoms with E-state index in [1.807, 2.05) is 18.3 Å². The largest absolute Gasteiger partial charge is 0.354 e. The maximum absolute atomic E-state index is 5.24. The number of hydrogen-bond acceptors (Lipinski definition) is 4. The molecule has 0 aromatic carbocycles. The van der Waals surface area contributed by atoms with Gasteiger partial charge in [0.1, 0.15) is 5.82 Å². The van der Waals surface area contributed by atoms with Crippen molar-refractivity contribution in [1.82, 2.24) is 15.2 Å². The van der Waals surface area contributed by atoms with Crippen LogP contribution in [0.5, 0.6) is 0 Å². The maximum atomic E-state index is 5.24. The third-order valence-electron chi connectivity index (χ3n) is 3.58. The van der Waals surface area contributed by atoms with Crippen LogP contribution in [0.1, 0.15) is 6.92 Å². The average Bonchev–Trinajstić information content (AvgIpc) is 2.48. The fourth-order valence-corrected chi connectivity index (χ4v) is 2.41. The zero-order valence-corrected chi connectivity index (χ0v) is 11.5. The third kappa shape index (κ3) is 3.95. The van der Waals surface area contributed by atoms with Gasteiger partial charge >= 0.3 is 0 Å². The third-order valence-corrected chi connectivity index (χ3v) is 3.58. The van der Waals surface area contributed by atoms with E-state index in [1.54, 1.807) is 0 Å². The molecular weight excluding hydrogens is 236 g/mol. The molecule has 2 rings (SSSR count). The van der Waals surface area contributed by atoms with E-state index in [0.29, 0.717) is 12.6 Å². The lowest BCUT2D eigenvalue weighted by Crippen LogP contribution is -2.52. The Morgan fingerprint density at radius 3 is 2.79 bits per heavy atom. The molecule has 19 heavy (non-hydrogen) atoms. The van der Waals surface area contributed by atoms with Gasteiger partial charge in [-0.05, 0) is 19.1 Å². The number of rotatable bonds is 5. The van der Waals surface area contributed by atoms with E-state index in [0.717, 1.165) is 38.5 Å². The van der Waals surface area contributed by atoms with Crippen LogP contribution in [0.2, 0.25) is 0 Å². The Bertz CT molecular complexity index is 404. The number of nitrogens with zero attached hydrogens (tertiary/aromatic N) is 3. The van der Waals surface area contributed by atoms with Crippen LogP contribution in [-0.2, 0) is 0 Å². The molecule has 1 atom stereocenters. The number of terminal acetylenes is 1. The van der Waals surface area contributed by atoms with Crippen LogP contribution in [-0.4, -0.2) is 55.2 Å². The summed E-state index contributed by atoms with van der Waals surface area (Å²) >= 11 is 0. The predicted octanol–water partition coefficient (Wildman–Crippen LogP) is 0.815. The molecule has 4 nitrogen and oxygen atoms in total. The van der Waals surface area contributed by atoms with Crippen LogP contribution in [0.15, 0.2) is 24.4 Å². The van der Waals surface area contributed by atoms with Crippen molar-refractivity contribution in [2.45, 2.75) is 13.0 Å². The monoisotopic (exact) mass is 258 g/mol. The second-order valence-corrected chi connectivity index (χ2v) is 4.89. The number of anilines is 1. The smallest absolute Gasteiger partial charge is 0.128 e. The molecule has 0 saturated carbocycles. The topological polar surface area (TPSA) is 31.4 Å². The minimum atomic E-state index is 0.527. The lowest BCUT2D eigenvalue weighted by molar-refractivity contribution is 0.194. The molecule has 0 bridgehead atoms. The first-order valence-electron chi connectivity index (χ1n) is 6.85. The fourth-order valence-electron chi connectivity index (χ4n) is 2.41. The van der Waals surface area contributed by atoms with Crippen LogP contribution in [0, 0.1) is 12.3 Å². The van der Waals surface area contributed by atoms with Crippen molar-refractivity contribution in [3.8, 4) is 12.3 Å². The Kier molecular flexibility index (Phi) is 5.20. The maximum Gasteiger partial charge on any atom is 0.128 e. The molecule has 0 amide bonds. The molecule has 2 heterocycles. The normalized spacial score (nSPS) is 18.0. The molecule has 1 aromatic rings. The van der Waals surface area contributed by atoms with Gasteiger partial charge in [0.2, 0.25) is 0 Å². The quantitative estimate of drug-likeness (QED) is 0.626. The van der Waals surface area contributed by atoms with Crippen molar-refractivity contribution in [3.05, 3.63) is 24.4 Å². The van der Waals surface area contributed by atoms with E-state index >= 15 is 0 Å². The highest BCUT2D eigenvalue weighted by molar-refractivity contribution is 5.38. The van der Waals surface area contributed by atoms with E-state index in [4.69, 9.17) is 6.42 Å². The van der Waals surface area contributed by atoms with Gasteiger partial charge < -0.3 is 10.2 Å². The molecule has 1 unspecified atom stereocenters. The SMILES string of the molecule is C#CCNCC(C)N1CCN(c2ccccn2)CC1. The minimum Gasteiger partial charge on any atom is -0.354 e. The van der Waals surface area contributed by atoms with Crippen molar-refractivity contribution in [1.29, 1.82) is 0 Å². The van der Waals surface area contributed by atoms with Gasteiger partial charge in [0.05, 0.1) is 6.54 Å². The van der Waals surface area contributed by atoms with Gasteiger partial charge in [-0.25, -0.2) is 4.98 Å². The zero-order chi connectivity index (χ0) is 13.5. The van der Waals surface area contributed by atoms with E-state index in [9.17, 15) is 0 Å². The second-order valence-electron chi connectivity index (χ2n) is 4.89. The van der Waals surface area contributed by atoms with E-state index < -0.39 is 0 Å². The van der Waals surface area contributed by atoms with Crippen LogP contribution in [0.4, 0.5) is 5.82 Å². The summed E-state index contributed by atoms with van der Waals surface area (Å²) in [5.74, 6) is 3.69. The predicted molar refractivity (Wildman–Crippen MR) is 79.2 cm³/mol. The summed E-state index contributed by atoms with van der Waals surface area (Å²) in [5, 5.41) is 3.27. The molecule has 102 valence electrons. The first-order chi connectivity index (χ1) is 9.31. The minimum absolute atomic E-state index is 0.527. The van der Waals surface area contributed by atoms with E-state index in [1.165, 1.54) is 0 Å². The number of hydrogen-bond donors (Lipinski definition) is 1. The molecule has 0 spiro atoms. The summed E-state index contributed by atoms with van der Waals surface area (Å²) in [6, 6.07) is 6.60. The van der Waals surface area contributed by atoms with Gasteiger partial charge in [-0.1, -0.05) is 12.0 Å². The van der Waals surface area contributed by atoms with Gasteiger partial charge in [-0.3, -0.25) is 4.90 Å². The number of piperazine rings is 1. The Balaban J connectivity index is 1.78. The van der Waals surface area contributed by atoms with E-state index in [-0.39, 0.29) is 0 Å². The molecule has 1 aromatic heterocycles. The van der Waals surface area contributed by atoms with Gasteiger partial charge in [-0.15, -0.1) is 6.42 Å². The van der Waals surface area contributed by atoms with Crippen LogP contribution >= 0.6 is 0 Å². The van der Waals surface area contributed by atoms with Gasteiger partial charge in [0, 0.05) is 45.0 Å². The summed E-state index contributed by atoms with van der Waals surface area (Å²) in [7, 11) is 0. The van der Waals surface area contributed by atoms with Gasteiger partial charge in [-0.2, -0.15) is 0 Å². The standard InChI is InChI=1S/C15H22N4/c1-3-7-16-13-14(2)18-9-11-19(12-10-18)15-6-4-5-8-17-15/h1,4-6,8,14,16H,7,9-13H2,2H3. The Morgan fingerprint density at radius 2 is 2.16 bits per heavy atom. The van der Waals surface area contributed by atoms with Crippen molar-refractivity contribution in [2.24, 2.45) is 0 Å². The first-order valence-corrected chi connectivity index (χ1v) is 6.85. The van der Waals surface area contributed by atoms with Crippen LogP contribution in [0.3, 0.4) is 0 Å². The molecule has 1 N–H and O–H groups in total. The highest BCUT2D eigenvalue weighted by Crippen LogP contribution is 2.13. The second kappa shape index (κ2) is 7.13. The molecule has 1 fully saturated rings. The molecule has 4 heteroatoms.